The molecule has 2 aromatic heterocycles. The quantitative estimate of drug-likeness (QED) is 0.311. The molecule has 174 valence electrons. The minimum absolute atomic E-state index is 0.117. The van der Waals surface area contributed by atoms with E-state index in [0.717, 1.165) is 26.7 Å². The topological polar surface area (TPSA) is 126 Å². The average Bonchev–Trinajstić information content (AvgIpc) is 3.17. The predicted octanol–water partition coefficient (Wildman–Crippen LogP) is 4.13. The number of rotatable bonds is 7. The Hall–Kier alpha value is -4.25. The second-order valence-corrected chi connectivity index (χ2v) is 8.35. The highest BCUT2D eigenvalue weighted by molar-refractivity contribution is 7.19. The van der Waals surface area contributed by atoms with Crippen molar-refractivity contribution in [3.05, 3.63) is 79.7 Å². The van der Waals surface area contributed by atoms with Crippen LogP contribution in [0.2, 0.25) is 0 Å². The molecule has 4 aromatic rings. The molecule has 0 fully saturated rings. The van der Waals surface area contributed by atoms with Crippen LogP contribution in [-0.2, 0) is 0 Å². The van der Waals surface area contributed by atoms with Crippen molar-refractivity contribution < 1.29 is 19.2 Å². The number of nitro benzene ring substituents is 1. The highest BCUT2D eigenvalue weighted by atomic mass is 32.1. The molecule has 4 rings (SSSR count). The minimum atomic E-state index is -0.869. The summed E-state index contributed by atoms with van der Waals surface area (Å²) in [5, 5.41) is 12.0. The van der Waals surface area contributed by atoms with Crippen molar-refractivity contribution in [2.45, 2.75) is 13.8 Å². The van der Waals surface area contributed by atoms with Gasteiger partial charge in [-0.05, 0) is 19.4 Å². The summed E-state index contributed by atoms with van der Waals surface area (Å²) in [7, 11) is 1.34. The maximum absolute atomic E-state index is 13.3. The van der Waals surface area contributed by atoms with E-state index in [0.29, 0.717) is 10.2 Å². The van der Waals surface area contributed by atoms with E-state index >= 15 is 0 Å². The number of nitrogens with one attached hydrogen (secondary N) is 1. The predicted molar refractivity (Wildman–Crippen MR) is 129 cm³/mol. The molecular formula is C23H20N4O6S. The number of methoxy groups -OCH3 is 1. The van der Waals surface area contributed by atoms with Crippen molar-refractivity contribution in [2.24, 2.45) is 0 Å². The molecule has 0 radical (unpaired) electrons. The van der Waals surface area contributed by atoms with Crippen LogP contribution < -0.4 is 20.5 Å². The second-order valence-electron chi connectivity index (χ2n) is 7.15. The Morgan fingerprint density at radius 1 is 1.24 bits per heavy atom. The third-order valence-corrected chi connectivity index (χ3v) is 6.11. The van der Waals surface area contributed by atoms with Crippen molar-refractivity contribution in [3.63, 3.8) is 0 Å². The van der Waals surface area contributed by atoms with E-state index in [1.54, 1.807) is 6.92 Å². The first kappa shape index (κ1) is 22.9. The van der Waals surface area contributed by atoms with Crippen LogP contribution in [0.3, 0.4) is 0 Å². The van der Waals surface area contributed by atoms with Crippen LogP contribution in [-0.4, -0.2) is 34.2 Å². The Morgan fingerprint density at radius 3 is 2.62 bits per heavy atom. The van der Waals surface area contributed by atoms with Gasteiger partial charge in [0, 0.05) is 16.5 Å². The Bertz CT molecular complexity index is 1460. The second kappa shape index (κ2) is 9.32. The van der Waals surface area contributed by atoms with Gasteiger partial charge in [0.1, 0.15) is 16.7 Å². The highest BCUT2D eigenvalue weighted by Crippen LogP contribution is 2.36. The van der Waals surface area contributed by atoms with Crippen LogP contribution in [0.1, 0.15) is 22.2 Å². The molecule has 0 bridgehead atoms. The lowest BCUT2D eigenvalue weighted by Gasteiger charge is -2.13. The normalized spacial score (nSPS) is 10.8. The lowest BCUT2D eigenvalue weighted by molar-refractivity contribution is -0.385. The summed E-state index contributed by atoms with van der Waals surface area (Å²) >= 11 is 1.37. The fourth-order valence-corrected chi connectivity index (χ4v) is 4.62. The van der Waals surface area contributed by atoms with Crippen molar-refractivity contribution in [1.82, 2.24) is 9.66 Å². The van der Waals surface area contributed by atoms with Crippen molar-refractivity contribution in [2.75, 3.05) is 19.1 Å². The molecule has 0 spiro atoms. The smallest absolute Gasteiger partial charge is 0.286 e. The molecule has 0 aliphatic heterocycles. The van der Waals surface area contributed by atoms with Gasteiger partial charge in [0.25, 0.3) is 17.2 Å². The molecule has 0 aliphatic carbocycles. The number of amides is 1. The van der Waals surface area contributed by atoms with Crippen LogP contribution in [0.15, 0.2) is 53.6 Å². The van der Waals surface area contributed by atoms with Crippen LogP contribution in [0.4, 0.5) is 5.69 Å². The summed E-state index contributed by atoms with van der Waals surface area (Å²) in [6.07, 6.45) is 1.19. The Morgan fingerprint density at radius 2 is 1.97 bits per heavy atom. The van der Waals surface area contributed by atoms with Crippen molar-refractivity contribution >= 4 is 33.1 Å². The zero-order valence-corrected chi connectivity index (χ0v) is 19.3. The Labute approximate surface area is 197 Å². The van der Waals surface area contributed by atoms with Gasteiger partial charge in [-0.25, -0.2) is 9.66 Å². The highest BCUT2D eigenvalue weighted by Gasteiger charge is 2.26. The fraction of sp³-hybridized carbons (Fsp3) is 0.174. The first-order chi connectivity index (χ1) is 16.3. The lowest BCUT2D eigenvalue weighted by atomic mass is 10.0. The molecule has 1 N–H and O–H groups in total. The Balaban J connectivity index is 1.80. The van der Waals surface area contributed by atoms with Crippen molar-refractivity contribution in [3.8, 4) is 22.6 Å². The number of nitrogens with zero attached hydrogens (tertiary/aromatic N) is 3. The fourth-order valence-electron chi connectivity index (χ4n) is 3.61. The monoisotopic (exact) mass is 480 g/mol. The number of benzene rings is 2. The summed E-state index contributed by atoms with van der Waals surface area (Å²) < 4.78 is 11.5. The number of carbonyl (C=O) groups excluding carboxylic acids is 1. The number of hydrogen-bond donors (Lipinski definition) is 1. The molecule has 0 saturated carbocycles. The van der Waals surface area contributed by atoms with E-state index in [9.17, 15) is 19.7 Å². The summed E-state index contributed by atoms with van der Waals surface area (Å²) in [5.74, 6) is -0.583. The number of aromatic nitrogens is 2. The molecule has 11 heteroatoms. The largest absolute Gasteiger partial charge is 0.493 e. The van der Waals surface area contributed by atoms with E-state index in [-0.39, 0.29) is 23.7 Å². The molecule has 1 amide bonds. The van der Waals surface area contributed by atoms with Crippen LogP contribution >= 0.6 is 11.3 Å². The molecule has 2 aromatic carbocycles. The number of fused-ring (bicyclic) bond motifs is 1. The van der Waals surface area contributed by atoms with Gasteiger partial charge in [-0.3, -0.25) is 25.1 Å². The molecule has 0 unspecified atom stereocenters. The van der Waals surface area contributed by atoms with Gasteiger partial charge in [-0.2, -0.15) is 0 Å². The van der Waals surface area contributed by atoms with Crippen LogP contribution in [0.25, 0.3) is 21.3 Å². The maximum atomic E-state index is 13.3. The number of aryl methyl sites for hydroxylation is 1. The number of carbonyl (C=O) groups is 1. The molecule has 10 nitrogen and oxygen atoms in total. The number of ether oxygens (including phenoxy) is 2. The maximum Gasteiger partial charge on any atom is 0.286 e. The standard InChI is InChI=1S/C23H20N4O6S/c1-4-33-18-10-15(16(27(30)31)11-17(18)32-3)21(28)25-26-12-24-22-20(23(26)29)19(13(2)34-22)14-8-6-5-7-9-14/h5-12H,4H2,1-3H3,(H,25,28). The molecule has 0 aliphatic rings. The summed E-state index contributed by atoms with van der Waals surface area (Å²) in [4.78, 5) is 43.0. The zero-order valence-electron chi connectivity index (χ0n) is 18.5. The average molecular weight is 481 g/mol. The lowest BCUT2D eigenvalue weighted by Crippen LogP contribution is -2.33. The van der Waals surface area contributed by atoms with E-state index in [1.165, 1.54) is 30.8 Å². The molecule has 0 saturated heterocycles. The van der Waals surface area contributed by atoms with Gasteiger partial charge in [0.15, 0.2) is 11.5 Å². The number of hydrogen-bond acceptors (Lipinski definition) is 8. The van der Waals surface area contributed by atoms with Gasteiger partial charge in [-0.1, -0.05) is 30.3 Å². The molecule has 34 heavy (non-hydrogen) atoms. The zero-order chi connectivity index (χ0) is 24.4. The summed E-state index contributed by atoms with van der Waals surface area (Å²) in [5.41, 5.74) is 2.72. The first-order valence-electron chi connectivity index (χ1n) is 10.2. The molecule has 0 atom stereocenters. The third-order valence-electron chi connectivity index (χ3n) is 5.10. The number of thiophene rings is 1. The Kier molecular flexibility index (Phi) is 6.28. The SMILES string of the molecule is CCOc1cc(C(=O)Nn2cnc3sc(C)c(-c4ccccc4)c3c2=O)c([N+](=O)[O-])cc1OC. The third kappa shape index (κ3) is 4.08. The van der Waals surface area contributed by atoms with E-state index in [4.69, 9.17) is 9.47 Å². The first-order valence-corrected chi connectivity index (χ1v) is 11.0. The molecule has 2 heterocycles. The van der Waals surface area contributed by atoms with Crippen LogP contribution in [0, 0.1) is 17.0 Å². The summed E-state index contributed by atoms with van der Waals surface area (Å²) in [6.45, 7) is 3.89. The molecular weight excluding hydrogens is 460 g/mol. The van der Waals surface area contributed by atoms with Gasteiger partial charge in [-0.15, -0.1) is 11.3 Å². The van der Waals surface area contributed by atoms with E-state index in [2.05, 4.69) is 10.4 Å². The minimum Gasteiger partial charge on any atom is -0.493 e. The van der Waals surface area contributed by atoms with Gasteiger partial charge in [0.2, 0.25) is 0 Å². The van der Waals surface area contributed by atoms with Gasteiger partial charge < -0.3 is 9.47 Å². The van der Waals surface area contributed by atoms with E-state index < -0.39 is 22.1 Å². The van der Waals surface area contributed by atoms with Crippen LogP contribution in [0.5, 0.6) is 11.5 Å². The van der Waals surface area contributed by atoms with Crippen molar-refractivity contribution in [1.29, 1.82) is 0 Å². The number of nitro groups is 1. The van der Waals surface area contributed by atoms with Gasteiger partial charge in [0.05, 0.1) is 30.1 Å². The van der Waals surface area contributed by atoms with E-state index in [1.807, 2.05) is 37.3 Å². The summed E-state index contributed by atoms with van der Waals surface area (Å²) in [6, 6.07) is 11.7. The van der Waals surface area contributed by atoms with Gasteiger partial charge >= 0.3 is 0 Å².